The molecule has 0 heterocycles. The quantitative estimate of drug-likeness (QED) is 0.762. The Bertz CT molecular complexity index is 422. The summed E-state index contributed by atoms with van der Waals surface area (Å²) in [4.78, 5) is 0. The molecule has 0 aromatic heterocycles. The second-order valence-corrected chi connectivity index (χ2v) is 4.56. The van der Waals surface area contributed by atoms with Crippen LogP contribution in [0.25, 0.3) is 11.1 Å². The van der Waals surface area contributed by atoms with Gasteiger partial charge in [-0.2, -0.15) is 0 Å². The van der Waals surface area contributed by atoms with Gasteiger partial charge < -0.3 is 5.11 Å². The number of phenols is 1. The Balaban J connectivity index is 0.000000437. The summed E-state index contributed by atoms with van der Waals surface area (Å²) >= 11 is 3.46. The molecule has 0 unspecified atom stereocenters. The van der Waals surface area contributed by atoms with Gasteiger partial charge in [-0.25, -0.2) is 0 Å². The summed E-state index contributed by atoms with van der Waals surface area (Å²) in [5, 5.41) is 9.67. The molecule has 90 valence electrons. The maximum absolute atomic E-state index is 9.67. The van der Waals surface area contributed by atoms with E-state index in [4.69, 9.17) is 0 Å². The lowest BCUT2D eigenvalue weighted by atomic mass is 10.1. The highest BCUT2D eigenvalue weighted by Crippen LogP contribution is 2.33. The molecule has 0 aliphatic carbocycles. The van der Waals surface area contributed by atoms with Crippen LogP contribution >= 0.6 is 15.9 Å². The Labute approximate surface area is 111 Å². The highest BCUT2D eigenvalue weighted by molar-refractivity contribution is 9.10. The van der Waals surface area contributed by atoms with E-state index in [0.29, 0.717) is 5.75 Å². The van der Waals surface area contributed by atoms with Crippen molar-refractivity contribution in [1.29, 1.82) is 0 Å². The van der Waals surface area contributed by atoms with Crippen LogP contribution in [0.1, 0.15) is 20.3 Å². The van der Waals surface area contributed by atoms with Crippen LogP contribution in [0, 0.1) is 0 Å². The van der Waals surface area contributed by atoms with Crippen molar-refractivity contribution in [2.75, 3.05) is 0 Å². The van der Waals surface area contributed by atoms with E-state index < -0.39 is 0 Å². The minimum Gasteiger partial charge on any atom is -0.507 e. The van der Waals surface area contributed by atoms with Gasteiger partial charge in [0.15, 0.2) is 0 Å². The summed E-state index contributed by atoms with van der Waals surface area (Å²) in [5.41, 5.74) is 1.85. The number of halogens is 1. The number of hydrogen-bond acceptors (Lipinski definition) is 1. The topological polar surface area (TPSA) is 20.2 Å². The second kappa shape index (κ2) is 7.13. The molecular weight excluding hydrogens is 276 g/mol. The number of hydrogen-bond donors (Lipinski definition) is 1. The third kappa shape index (κ3) is 3.90. The minimum atomic E-state index is 0.305. The van der Waals surface area contributed by atoms with E-state index in [1.165, 1.54) is 6.42 Å². The summed E-state index contributed by atoms with van der Waals surface area (Å²) in [5.74, 6) is 0.305. The first-order valence-electron chi connectivity index (χ1n) is 5.73. The van der Waals surface area contributed by atoms with Gasteiger partial charge in [0.25, 0.3) is 0 Å². The summed E-state index contributed by atoms with van der Waals surface area (Å²) in [6.45, 7) is 4.25. The molecule has 1 nitrogen and oxygen atoms in total. The largest absolute Gasteiger partial charge is 0.507 e. The van der Waals surface area contributed by atoms with Crippen LogP contribution < -0.4 is 0 Å². The number of rotatable bonds is 1. The third-order valence-corrected chi connectivity index (χ3v) is 2.76. The Hall–Kier alpha value is -1.28. The summed E-state index contributed by atoms with van der Waals surface area (Å²) < 4.78 is 0.988. The Morgan fingerprint density at radius 3 is 1.88 bits per heavy atom. The predicted octanol–water partition coefficient (Wildman–Crippen LogP) is 5.24. The van der Waals surface area contributed by atoms with Crippen molar-refractivity contribution in [2.24, 2.45) is 0 Å². The van der Waals surface area contributed by atoms with Crippen LogP contribution in [0.4, 0.5) is 0 Å². The maximum atomic E-state index is 9.67. The lowest BCUT2D eigenvalue weighted by Crippen LogP contribution is -1.79. The molecule has 0 fully saturated rings. The van der Waals surface area contributed by atoms with Crippen LogP contribution in [0.2, 0.25) is 0 Å². The van der Waals surface area contributed by atoms with Crippen LogP contribution in [-0.4, -0.2) is 5.11 Å². The molecular formula is C15H17BrO. The van der Waals surface area contributed by atoms with E-state index in [9.17, 15) is 5.11 Å². The Kier molecular flexibility index (Phi) is 5.78. The molecule has 2 aromatic carbocycles. The smallest absolute Gasteiger partial charge is 0.123 e. The second-order valence-electron chi connectivity index (χ2n) is 3.70. The molecule has 2 heteroatoms. The number of para-hydroxylation sites is 1. The average Bonchev–Trinajstić information content (AvgIpc) is 2.32. The molecule has 0 aliphatic rings. The first-order chi connectivity index (χ1) is 8.20. The van der Waals surface area contributed by atoms with E-state index in [1.807, 2.05) is 42.5 Å². The normalized spacial score (nSPS) is 9.35. The van der Waals surface area contributed by atoms with Gasteiger partial charge in [0.2, 0.25) is 0 Å². The van der Waals surface area contributed by atoms with Crippen molar-refractivity contribution in [1.82, 2.24) is 0 Å². The van der Waals surface area contributed by atoms with Gasteiger partial charge in [-0.1, -0.05) is 72.6 Å². The maximum Gasteiger partial charge on any atom is 0.123 e. The molecule has 0 radical (unpaired) electrons. The number of benzene rings is 2. The standard InChI is InChI=1S/C12H9BrO.C3H8/c13-11-7-3-1-5-9(11)10-6-2-4-8-12(10)14;1-3-2/h1-8,14H;3H2,1-2H3. The fourth-order valence-electron chi connectivity index (χ4n) is 1.38. The van der Waals surface area contributed by atoms with Gasteiger partial charge in [0, 0.05) is 10.0 Å². The fourth-order valence-corrected chi connectivity index (χ4v) is 1.88. The van der Waals surface area contributed by atoms with Crippen LogP contribution in [0.5, 0.6) is 5.75 Å². The van der Waals surface area contributed by atoms with E-state index in [-0.39, 0.29) is 0 Å². The zero-order chi connectivity index (χ0) is 12.7. The monoisotopic (exact) mass is 292 g/mol. The van der Waals surface area contributed by atoms with Crippen molar-refractivity contribution in [2.45, 2.75) is 20.3 Å². The van der Waals surface area contributed by atoms with Crippen molar-refractivity contribution in [3.63, 3.8) is 0 Å². The Morgan fingerprint density at radius 2 is 1.35 bits per heavy atom. The van der Waals surface area contributed by atoms with E-state index >= 15 is 0 Å². The molecule has 0 aliphatic heterocycles. The highest BCUT2D eigenvalue weighted by atomic mass is 79.9. The van der Waals surface area contributed by atoms with Crippen molar-refractivity contribution in [3.05, 3.63) is 53.0 Å². The predicted molar refractivity (Wildman–Crippen MR) is 77.2 cm³/mol. The van der Waals surface area contributed by atoms with Crippen LogP contribution in [0.15, 0.2) is 53.0 Å². The molecule has 1 N–H and O–H groups in total. The molecule has 0 amide bonds. The zero-order valence-electron chi connectivity index (χ0n) is 10.2. The number of phenolic OH excluding ortho intramolecular Hbond substituents is 1. The van der Waals surface area contributed by atoms with Crippen molar-refractivity contribution < 1.29 is 5.11 Å². The van der Waals surface area contributed by atoms with Gasteiger partial charge in [-0.15, -0.1) is 0 Å². The molecule has 0 saturated heterocycles. The van der Waals surface area contributed by atoms with E-state index in [0.717, 1.165) is 15.6 Å². The number of aromatic hydroxyl groups is 1. The lowest BCUT2D eigenvalue weighted by molar-refractivity contribution is 0.477. The summed E-state index contributed by atoms with van der Waals surface area (Å²) in [6.07, 6.45) is 1.25. The SMILES string of the molecule is CCC.Oc1ccccc1-c1ccccc1Br. The summed E-state index contributed by atoms with van der Waals surface area (Å²) in [7, 11) is 0. The van der Waals surface area contributed by atoms with Crippen molar-refractivity contribution >= 4 is 15.9 Å². The Morgan fingerprint density at radius 1 is 0.882 bits per heavy atom. The van der Waals surface area contributed by atoms with Crippen molar-refractivity contribution in [3.8, 4) is 16.9 Å². The zero-order valence-corrected chi connectivity index (χ0v) is 11.7. The molecule has 0 atom stereocenters. The molecule has 0 saturated carbocycles. The molecule has 0 spiro atoms. The lowest BCUT2D eigenvalue weighted by Gasteiger charge is -2.05. The first kappa shape index (κ1) is 13.8. The van der Waals surface area contributed by atoms with Gasteiger partial charge in [-0.05, 0) is 17.7 Å². The summed E-state index contributed by atoms with van der Waals surface area (Å²) in [6, 6.07) is 15.1. The van der Waals surface area contributed by atoms with Crippen LogP contribution in [0.3, 0.4) is 0 Å². The van der Waals surface area contributed by atoms with E-state index in [1.54, 1.807) is 6.07 Å². The average molecular weight is 293 g/mol. The molecule has 2 rings (SSSR count). The van der Waals surface area contributed by atoms with Crippen LogP contribution in [-0.2, 0) is 0 Å². The van der Waals surface area contributed by atoms with Gasteiger partial charge >= 0.3 is 0 Å². The highest BCUT2D eigenvalue weighted by Gasteiger charge is 2.05. The van der Waals surface area contributed by atoms with Gasteiger partial charge in [0.1, 0.15) is 5.75 Å². The first-order valence-corrected chi connectivity index (χ1v) is 6.52. The van der Waals surface area contributed by atoms with Gasteiger partial charge in [-0.3, -0.25) is 0 Å². The van der Waals surface area contributed by atoms with E-state index in [2.05, 4.69) is 29.8 Å². The molecule has 2 aromatic rings. The fraction of sp³-hybridized carbons (Fsp3) is 0.200. The molecule has 0 bridgehead atoms. The van der Waals surface area contributed by atoms with Gasteiger partial charge in [0.05, 0.1) is 0 Å². The third-order valence-electron chi connectivity index (χ3n) is 2.07. The molecule has 17 heavy (non-hydrogen) atoms. The minimum absolute atomic E-state index is 0.305.